The van der Waals surface area contributed by atoms with Gasteiger partial charge in [0.25, 0.3) is 0 Å². The van der Waals surface area contributed by atoms with Crippen molar-refractivity contribution < 1.29 is 23.8 Å². The molecule has 1 N–H and O–H groups in total. The molecule has 1 atom stereocenters. The molecule has 0 bridgehead atoms. The third-order valence-corrected chi connectivity index (χ3v) is 5.48. The third kappa shape index (κ3) is 3.82. The Morgan fingerprint density at radius 3 is 2.72 bits per heavy atom. The number of carbonyl (C=O) groups is 2. The van der Waals surface area contributed by atoms with Crippen molar-refractivity contribution >= 4 is 34.8 Å². The number of anilines is 2. The van der Waals surface area contributed by atoms with Gasteiger partial charge in [-0.05, 0) is 30.7 Å². The molecule has 0 aromatic heterocycles. The van der Waals surface area contributed by atoms with Crippen LogP contribution in [0.15, 0.2) is 30.3 Å². The molecule has 2 aliphatic rings. The van der Waals surface area contributed by atoms with Gasteiger partial charge in [0.15, 0.2) is 11.5 Å². The number of nitrogens with zero attached hydrogens (tertiary/aromatic N) is 1. The van der Waals surface area contributed by atoms with Crippen LogP contribution in [0.4, 0.5) is 11.4 Å². The van der Waals surface area contributed by atoms with Crippen LogP contribution < -0.4 is 24.4 Å². The number of methoxy groups -OCH3 is 1. The van der Waals surface area contributed by atoms with E-state index in [9.17, 15) is 9.59 Å². The maximum absolute atomic E-state index is 12.8. The molecular weight excluding hydrogens is 396 g/mol. The minimum atomic E-state index is -0.476. The lowest BCUT2D eigenvalue weighted by molar-refractivity contribution is -0.122. The zero-order chi connectivity index (χ0) is 20.5. The number of rotatable bonds is 4. The summed E-state index contributed by atoms with van der Waals surface area (Å²) in [6.07, 6.45) is 0.134. The second kappa shape index (κ2) is 7.83. The number of amides is 2. The number of aryl methyl sites for hydroxylation is 1. The Bertz CT molecular complexity index is 978. The Kier molecular flexibility index (Phi) is 5.24. The maximum Gasteiger partial charge on any atom is 0.229 e. The highest BCUT2D eigenvalue weighted by Crippen LogP contribution is 2.36. The minimum Gasteiger partial charge on any atom is -0.495 e. The van der Waals surface area contributed by atoms with Gasteiger partial charge in [-0.15, -0.1) is 0 Å². The van der Waals surface area contributed by atoms with Gasteiger partial charge in [0, 0.05) is 35.8 Å². The van der Waals surface area contributed by atoms with Gasteiger partial charge < -0.3 is 24.4 Å². The van der Waals surface area contributed by atoms with Crippen LogP contribution >= 0.6 is 11.6 Å². The van der Waals surface area contributed by atoms with Crippen molar-refractivity contribution in [3.05, 3.63) is 40.9 Å². The first-order valence-corrected chi connectivity index (χ1v) is 9.69. The number of nitrogens with one attached hydrogen (secondary N) is 1. The van der Waals surface area contributed by atoms with Gasteiger partial charge >= 0.3 is 0 Å². The van der Waals surface area contributed by atoms with E-state index < -0.39 is 5.92 Å². The zero-order valence-electron chi connectivity index (χ0n) is 16.2. The molecule has 2 aromatic carbocycles. The van der Waals surface area contributed by atoms with Crippen molar-refractivity contribution in [2.24, 2.45) is 5.92 Å². The summed E-state index contributed by atoms with van der Waals surface area (Å²) in [5, 5.41) is 3.42. The van der Waals surface area contributed by atoms with E-state index in [-0.39, 0.29) is 18.2 Å². The molecule has 4 rings (SSSR count). The number of carbonyl (C=O) groups excluding carboxylic acids is 2. The van der Waals surface area contributed by atoms with Crippen LogP contribution in [-0.4, -0.2) is 38.7 Å². The summed E-state index contributed by atoms with van der Waals surface area (Å²) in [6.45, 7) is 3.11. The molecule has 2 amide bonds. The summed E-state index contributed by atoms with van der Waals surface area (Å²) in [6, 6.07) is 8.78. The fourth-order valence-electron chi connectivity index (χ4n) is 3.50. The van der Waals surface area contributed by atoms with E-state index in [2.05, 4.69) is 5.32 Å². The molecule has 29 heavy (non-hydrogen) atoms. The van der Waals surface area contributed by atoms with E-state index in [0.717, 1.165) is 5.56 Å². The summed E-state index contributed by atoms with van der Waals surface area (Å²) in [4.78, 5) is 27.0. The summed E-state index contributed by atoms with van der Waals surface area (Å²) in [7, 11) is 1.51. The molecule has 7 nitrogen and oxygen atoms in total. The van der Waals surface area contributed by atoms with E-state index in [0.29, 0.717) is 53.4 Å². The third-order valence-electron chi connectivity index (χ3n) is 5.07. The summed E-state index contributed by atoms with van der Waals surface area (Å²) in [5.74, 6) is 0.917. The highest BCUT2D eigenvalue weighted by Gasteiger charge is 2.36. The van der Waals surface area contributed by atoms with Gasteiger partial charge in [-0.1, -0.05) is 11.6 Å². The van der Waals surface area contributed by atoms with Crippen molar-refractivity contribution in [2.75, 3.05) is 37.1 Å². The lowest BCUT2D eigenvalue weighted by atomic mass is 10.1. The van der Waals surface area contributed by atoms with Gasteiger partial charge in [-0.2, -0.15) is 0 Å². The van der Waals surface area contributed by atoms with Gasteiger partial charge in [0.1, 0.15) is 19.0 Å². The molecule has 0 spiro atoms. The molecular formula is C21H21ClN2O5. The van der Waals surface area contributed by atoms with E-state index >= 15 is 0 Å². The quantitative estimate of drug-likeness (QED) is 0.826. The van der Waals surface area contributed by atoms with E-state index in [1.807, 2.05) is 6.92 Å². The highest BCUT2D eigenvalue weighted by atomic mass is 35.5. The molecule has 0 radical (unpaired) electrons. The number of benzene rings is 2. The molecule has 1 saturated heterocycles. The van der Waals surface area contributed by atoms with Crippen LogP contribution in [0.2, 0.25) is 5.02 Å². The largest absolute Gasteiger partial charge is 0.495 e. The fourth-order valence-corrected chi connectivity index (χ4v) is 3.65. The number of halogens is 1. The van der Waals surface area contributed by atoms with E-state index in [4.69, 9.17) is 25.8 Å². The molecule has 0 saturated carbocycles. The monoisotopic (exact) mass is 416 g/mol. The average molecular weight is 417 g/mol. The van der Waals surface area contributed by atoms with Crippen molar-refractivity contribution in [1.29, 1.82) is 0 Å². The zero-order valence-corrected chi connectivity index (χ0v) is 16.9. The van der Waals surface area contributed by atoms with Crippen LogP contribution in [-0.2, 0) is 9.59 Å². The van der Waals surface area contributed by atoms with Gasteiger partial charge in [-0.25, -0.2) is 0 Å². The molecule has 8 heteroatoms. The Hall–Kier alpha value is -2.93. The van der Waals surface area contributed by atoms with Crippen molar-refractivity contribution in [3.8, 4) is 17.2 Å². The minimum absolute atomic E-state index is 0.110. The Morgan fingerprint density at radius 2 is 1.97 bits per heavy atom. The van der Waals surface area contributed by atoms with Crippen LogP contribution in [0.5, 0.6) is 17.2 Å². The fraction of sp³-hybridized carbons (Fsp3) is 0.333. The van der Waals surface area contributed by atoms with Crippen molar-refractivity contribution in [2.45, 2.75) is 13.3 Å². The first-order chi connectivity index (χ1) is 14.0. The predicted molar refractivity (Wildman–Crippen MR) is 109 cm³/mol. The van der Waals surface area contributed by atoms with E-state index in [1.165, 1.54) is 7.11 Å². The number of fused-ring (bicyclic) bond motifs is 1. The summed E-state index contributed by atoms with van der Waals surface area (Å²) >= 11 is 6.12. The van der Waals surface area contributed by atoms with E-state index in [1.54, 1.807) is 35.2 Å². The van der Waals surface area contributed by atoms with Crippen molar-refractivity contribution in [1.82, 2.24) is 0 Å². The summed E-state index contributed by atoms with van der Waals surface area (Å²) in [5.41, 5.74) is 2.04. The number of hydrogen-bond donors (Lipinski definition) is 1. The maximum atomic E-state index is 12.8. The standard InChI is InChI=1S/C21H21ClN2O5/c1-12-7-16(18(27-2)10-15(12)22)23-21(26)13-8-20(25)24(11-13)14-3-4-17-19(9-14)29-6-5-28-17/h3-4,7,9-10,13H,5-6,8,11H2,1-2H3,(H,23,26)/t13-/m1/s1. The first-order valence-electron chi connectivity index (χ1n) is 9.31. The number of ether oxygens (including phenoxy) is 3. The topological polar surface area (TPSA) is 77.1 Å². The average Bonchev–Trinajstić information content (AvgIpc) is 3.12. The molecule has 0 unspecified atom stereocenters. The summed E-state index contributed by atoms with van der Waals surface area (Å²) < 4.78 is 16.4. The molecule has 152 valence electrons. The lowest BCUT2D eigenvalue weighted by Gasteiger charge is -2.22. The van der Waals surface area contributed by atoms with Gasteiger partial charge in [-0.3, -0.25) is 9.59 Å². The van der Waals surface area contributed by atoms with Crippen molar-refractivity contribution in [3.63, 3.8) is 0 Å². The Balaban J connectivity index is 1.49. The Labute approximate surface area is 173 Å². The smallest absolute Gasteiger partial charge is 0.229 e. The first kappa shape index (κ1) is 19.4. The molecule has 2 aromatic rings. The molecule has 2 heterocycles. The molecule has 1 fully saturated rings. The molecule has 0 aliphatic carbocycles. The predicted octanol–water partition coefficient (Wildman–Crippen LogP) is 3.42. The highest BCUT2D eigenvalue weighted by molar-refractivity contribution is 6.31. The van der Waals surface area contributed by atoms with Gasteiger partial charge in [0.2, 0.25) is 11.8 Å². The van der Waals surface area contributed by atoms with Crippen LogP contribution in [0.25, 0.3) is 0 Å². The SMILES string of the molecule is COc1cc(Cl)c(C)cc1NC(=O)[C@@H]1CC(=O)N(c2ccc3c(c2)OCCO3)C1. The van der Waals surface area contributed by atoms with Crippen LogP contribution in [0.1, 0.15) is 12.0 Å². The molecule has 2 aliphatic heterocycles. The van der Waals surface area contributed by atoms with Crippen LogP contribution in [0.3, 0.4) is 0 Å². The lowest BCUT2D eigenvalue weighted by Crippen LogP contribution is -2.28. The van der Waals surface area contributed by atoms with Gasteiger partial charge in [0.05, 0.1) is 18.7 Å². The normalized spacial score (nSPS) is 18.0. The van der Waals surface area contributed by atoms with Crippen LogP contribution in [0, 0.1) is 12.8 Å². The number of hydrogen-bond acceptors (Lipinski definition) is 5. The Morgan fingerprint density at radius 1 is 1.21 bits per heavy atom. The second-order valence-corrected chi connectivity index (χ2v) is 7.43. The second-order valence-electron chi connectivity index (χ2n) is 7.02.